The number of unbranched alkanes of at least 4 members (excludes halogenated alkanes) is 1. The molecule has 0 aliphatic rings. The second-order valence-corrected chi connectivity index (χ2v) is 9.07. The smallest absolute Gasteiger partial charge is 0.290 e. The lowest BCUT2D eigenvalue weighted by Crippen LogP contribution is -2.30. The molecule has 0 atom stereocenters. The van der Waals surface area contributed by atoms with E-state index in [0.29, 0.717) is 30.0 Å². The first-order chi connectivity index (χ1) is 18.1. The predicted octanol–water partition coefficient (Wildman–Crippen LogP) is 5.23. The molecule has 5 rings (SSSR count). The highest BCUT2D eigenvalue weighted by Gasteiger charge is 2.23. The van der Waals surface area contributed by atoms with Gasteiger partial charge >= 0.3 is 5.69 Å². The molecule has 0 fully saturated rings. The van der Waals surface area contributed by atoms with Crippen molar-refractivity contribution in [3.8, 4) is 22.5 Å². The highest BCUT2D eigenvalue weighted by Crippen LogP contribution is 2.30. The van der Waals surface area contributed by atoms with Crippen LogP contribution in [-0.2, 0) is 13.0 Å². The fraction of sp³-hybridized carbons (Fsp3) is 0.179. The molecule has 0 spiro atoms. The topological polar surface area (TPSA) is 98.5 Å². The summed E-state index contributed by atoms with van der Waals surface area (Å²) >= 11 is 6.66. The molecule has 9 heteroatoms. The van der Waals surface area contributed by atoms with Gasteiger partial charge < -0.3 is 0 Å². The molecular weight excluding hydrogens is 488 g/mol. The van der Waals surface area contributed by atoms with Gasteiger partial charge in [-0.1, -0.05) is 91.7 Å². The zero-order chi connectivity index (χ0) is 25.8. The molecule has 0 radical (unpaired) electrons. The van der Waals surface area contributed by atoms with Crippen LogP contribution in [0.15, 0.2) is 83.7 Å². The van der Waals surface area contributed by atoms with Crippen molar-refractivity contribution in [2.45, 2.75) is 32.7 Å². The van der Waals surface area contributed by atoms with Crippen LogP contribution >= 0.6 is 11.6 Å². The number of rotatable bonds is 8. The molecule has 8 nitrogen and oxygen atoms in total. The maximum atomic E-state index is 13.5. The first-order valence-corrected chi connectivity index (χ1v) is 12.5. The number of aromatic amines is 1. The third kappa shape index (κ3) is 4.88. The fourth-order valence-corrected chi connectivity index (χ4v) is 4.72. The number of nitrogens with one attached hydrogen (secondary N) is 1. The number of H-pyrrole nitrogens is 1. The first kappa shape index (κ1) is 24.4. The van der Waals surface area contributed by atoms with Crippen molar-refractivity contribution >= 4 is 17.5 Å². The molecule has 0 amide bonds. The van der Waals surface area contributed by atoms with Crippen molar-refractivity contribution in [1.29, 1.82) is 0 Å². The largest absolute Gasteiger partial charge is 0.337 e. The Kier molecular flexibility index (Phi) is 7.09. The Balaban J connectivity index is 1.49. The molecule has 2 aromatic heterocycles. The molecule has 1 N–H and O–H groups in total. The van der Waals surface area contributed by atoms with E-state index in [0.717, 1.165) is 39.7 Å². The van der Waals surface area contributed by atoms with Crippen LogP contribution in [0.25, 0.3) is 22.5 Å². The summed E-state index contributed by atoms with van der Waals surface area (Å²) in [6.07, 6.45) is 2.41. The highest BCUT2D eigenvalue weighted by atomic mass is 35.5. The second-order valence-electron chi connectivity index (χ2n) is 8.71. The summed E-state index contributed by atoms with van der Waals surface area (Å²) < 4.78 is 2.69. The van der Waals surface area contributed by atoms with E-state index >= 15 is 0 Å². The average Bonchev–Trinajstić information content (AvgIpc) is 3.55. The van der Waals surface area contributed by atoms with Crippen molar-refractivity contribution in [3.05, 3.63) is 111 Å². The molecule has 0 aliphatic heterocycles. The lowest BCUT2D eigenvalue weighted by molar-refractivity contribution is 0.0955. The summed E-state index contributed by atoms with van der Waals surface area (Å²) in [6.45, 7) is 2.38. The van der Waals surface area contributed by atoms with Gasteiger partial charge in [-0.3, -0.25) is 9.36 Å². The normalized spacial score (nSPS) is 11.1. The van der Waals surface area contributed by atoms with Gasteiger partial charge in [0.05, 0.1) is 12.2 Å². The average molecular weight is 513 g/mol. The molecule has 0 bridgehead atoms. The molecule has 0 unspecified atom stereocenters. The number of hydrogen-bond donors (Lipinski definition) is 1. The number of tetrazole rings is 1. The molecular formula is C28H25ClN6O2. The van der Waals surface area contributed by atoms with Crippen molar-refractivity contribution in [1.82, 2.24) is 29.8 Å². The van der Waals surface area contributed by atoms with Gasteiger partial charge in [-0.05, 0) is 52.1 Å². The Morgan fingerprint density at radius 2 is 1.65 bits per heavy atom. The van der Waals surface area contributed by atoms with E-state index in [4.69, 9.17) is 11.6 Å². The van der Waals surface area contributed by atoms with Crippen molar-refractivity contribution in [2.24, 2.45) is 0 Å². The van der Waals surface area contributed by atoms with E-state index in [9.17, 15) is 9.59 Å². The predicted molar refractivity (Wildman–Crippen MR) is 143 cm³/mol. The lowest BCUT2D eigenvalue weighted by Gasteiger charge is -2.10. The number of carbonyl (C=O) groups excluding carboxylic acids is 1. The van der Waals surface area contributed by atoms with Gasteiger partial charge in [0, 0.05) is 11.1 Å². The van der Waals surface area contributed by atoms with E-state index in [1.165, 1.54) is 0 Å². The number of hydrogen-bond acceptors (Lipinski definition) is 5. The van der Waals surface area contributed by atoms with Gasteiger partial charge in [-0.15, -0.1) is 5.10 Å². The lowest BCUT2D eigenvalue weighted by atomic mass is 9.98. The van der Waals surface area contributed by atoms with Gasteiger partial charge in [0.25, 0.3) is 5.91 Å². The number of benzene rings is 3. The molecule has 2 heterocycles. The number of halogens is 1. The Morgan fingerprint density at radius 3 is 2.32 bits per heavy atom. The third-order valence-corrected chi connectivity index (χ3v) is 6.69. The summed E-state index contributed by atoms with van der Waals surface area (Å²) in [7, 11) is 0. The van der Waals surface area contributed by atoms with Crippen molar-refractivity contribution < 1.29 is 4.79 Å². The van der Waals surface area contributed by atoms with Crippen LogP contribution in [0.5, 0.6) is 0 Å². The van der Waals surface area contributed by atoms with E-state index < -0.39 is 11.6 Å². The molecule has 0 aliphatic carbocycles. The van der Waals surface area contributed by atoms with E-state index in [1.807, 2.05) is 54.6 Å². The van der Waals surface area contributed by atoms with Crippen LogP contribution in [0.4, 0.5) is 0 Å². The number of carbonyl (C=O) groups is 1. The number of aromatic nitrogens is 6. The summed E-state index contributed by atoms with van der Waals surface area (Å²) in [5.74, 6) is 0.159. The molecule has 3 aromatic carbocycles. The van der Waals surface area contributed by atoms with E-state index in [1.54, 1.807) is 28.8 Å². The standard InChI is InChI=1S/C28H25ClN6O2/c1-2-3-13-24-25(29)35(27(36)21-9-5-4-6-10-21)28(37)34(24)18-19-14-16-20(17-15-19)22-11-7-8-12-23(22)26-30-32-33-31-26/h4-12,14-17H,2-3,13,18H2,1H3,(H,30,31,32,33). The minimum absolute atomic E-state index is 0.179. The Labute approximate surface area is 218 Å². The van der Waals surface area contributed by atoms with Crippen LogP contribution in [0.2, 0.25) is 5.15 Å². The van der Waals surface area contributed by atoms with Gasteiger partial charge in [-0.2, -0.15) is 0 Å². The zero-order valence-corrected chi connectivity index (χ0v) is 21.0. The van der Waals surface area contributed by atoms with Crippen LogP contribution in [0.3, 0.4) is 0 Å². The SMILES string of the molecule is CCCCc1c(Cl)n(C(=O)c2ccccc2)c(=O)n1Cc1ccc(-c2ccccc2-c2nnn[nH]2)cc1. The van der Waals surface area contributed by atoms with Crippen LogP contribution in [0.1, 0.15) is 41.4 Å². The second kappa shape index (κ2) is 10.8. The van der Waals surface area contributed by atoms with Crippen LogP contribution in [-0.4, -0.2) is 35.7 Å². The minimum Gasteiger partial charge on any atom is -0.290 e. The minimum atomic E-state index is -0.433. The Morgan fingerprint density at radius 1 is 0.946 bits per heavy atom. The molecule has 186 valence electrons. The first-order valence-electron chi connectivity index (χ1n) is 12.1. The summed E-state index contributed by atoms with van der Waals surface area (Å²) in [6, 6.07) is 24.5. The summed E-state index contributed by atoms with van der Waals surface area (Å²) in [5.41, 5.74) is 4.43. The summed E-state index contributed by atoms with van der Waals surface area (Å²) in [4.78, 5) is 26.6. The van der Waals surface area contributed by atoms with Gasteiger partial charge in [-0.25, -0.2) is 14.5 Å². The molecule has 5 aromatic rings. The van der Waals surface area contributed by atoms with Crippen molar-refractivity contribution in [3.63, 3.8) is 0 Å². The van der Waals surface area contributed by atoms with E-state index in [-0.39, 0.29) is 5.15 Å². The number of nitrogens with zero attached hydrogens (tertiary/aromatic N) is 5. The molecule has 0 saturated heterocycles. The summed E-state index contributed by atoms with van der Waals surface area (Å²) in [5, 5.41) is 14.4. The quantitative estimate of drug-likeness (QED) is 0.307. The number of imidazole rings is 1. The Hall–Kier alpha value is -4.30. The Bertz CT molecular complexity index is 1570. The van der Waals surface area contributed by atoms with Gasteiger partial charge in [0.1, 0.15) is 5.15 Å². The van der Waals surface area contributed by atoms with Gasteiger partial charge in [0.15, 0.2) is 5.82 Å². The highest BCUT2D eigenvalue weighted by molar-refractivity contribution is 6.31. The maximum Gasteiger partial charge on any atom is 0.337 e. The van der Waals surface area contributed by atoms with Crippen LogP contribution in [0, 0.1) is 0 Å². The van der Waals surface area contributed by atoms with E-state index in [2.05, 4.69) is 27.5 Å². The monoisotopic (exact) mass is 512 g/mol. The molecule has 0 saturated carbocycles. The van der Waals surface area contributed by atoms with Crippen molar-refractivity contribution in [2.75, 3.05) is 0 Å². The molecule has 37 heavy (non-hydrogen) atoms. The maximum absolute atomic E-state index is 13.5. The zero-order valence-electron chi connectivity index (χ0n) is 20.3. The fourth-order valence-electron chi connectivity index (χ4n) is 4.38. The third-order valence-electron chi connectivity index (χ3n) is 6.31. The van der Waals surface area contributed by atoms with Gasteiger partial charge in [0.2, 0.25) is 0 Å². The van der Waals surface area contributed by atoms with Crippen LogP contribution < -0.4 is 5.69 Å².